The Labute approximate surface area is 198 Å². The van der Waals surface area contributed by atoms with Gasteiger partial charge < -0.3 is 29.4 Å². The van der Waals surface area contributed by atoms with Crippen LogP contribution in [-0.2, 0) is 16.1 Å². The Kier molecular flexibility index (Phi) is 6.73. The summed E-state index contributed by atoms with van der Waals surface area (Å²) < 4.78 is 13.5. The van der Waals surface area contributed by atoms with Crippen LogP contribution < -0.4 is 10.1 Å². The number of carbonyl (C=O) groups is 1. The SMILES string of the molecule is O=C(Nc1cnccc1OCCOCCN1CCCC1)C1=C(O)CCn2c1nc1ccccc12. The molecule has 2 aliphatic heterocycles. The average molecular weight is 464 g/mol. The first-order chi connectivity index (χ1) is 16.7. The molecular weight excluding hydrogens is 434 g/mol. The Bertz CT molecular complexity index is 1200. The van der Waals surface area contributed by atoms with Crippen molar-refractivity contribution in [3.05, 3.63) is 54.3 Å². The van der Waals surface area contributed by atoms with Gasteiger partial charge in [0.15, 0.2) is 0 Å². The van der Waals surface area contributed by atoms with E-state index in [1.54, 1.807) is 12.3 Å². The molecule has 34 heavy (non-hydrogen) atoms. The summed E-state index contributed by atoms with van der Waals surface area (Å²) in [5.74, 6) is 0.530. The molecular formula is C25H29N5O4. The summed E-state index contributed by atoms with van der Waals surface area (Å²) in [5.41, 5.74) is 2.32. The zero-order valence-corrected chi connectivity index (χ0v) is 19.1. The maximum Gasteiger partial charge on any atom is 0.263 e. The number of aliphatic hydroxyl groups excluding tert-OH is 1. The molecule has 5 rings (SSSR count). The number of rotatable bonds is 9. The van der Waals surface area contributed by atoms with Gasteiger partial charge in [-0.2, -0.15) is 0 Å². The van der Waals surface area contributed by atoms with Crippen LogP contribution >= 0.6 is 0 Å². The van der Waals surface area contributed by atoms with E-state index < -0.39 is 5.91 Å². The van der Waals surface area contributed by atoms with Crippen molar-refractivity contribution in [2.45, 2.75) is 25.8 Å². The minimum Gasteiger partial charge on any atom is -0.511 e. The van der Waals surface area contributed by atoms with E-state index in [0.717, 1.165) is 30.7 Å². The van der Waals surface area contributed by atoms with E-state index in [9.17, 15) is 9.90 Å². The lowest BCUT2D eigenvalue weighted by molar-refractivity contribution is -0.111. The van der Waals surface area contributed by atoms with Gasteiger partial charge in [0.2, 0.25) is 0 Å². The number of likely N-dealkylation sites (tertiary alicyclic amines) is 1. The Morgan fingerprint density at radius 2 is 1.94 bits per heavy atom. The first kappa shape index (κ1) is 22.4. The fraction of sp³-hybridized carbons (Fsp3) is 0.400. The molecule has 9 nitrogen and oxygen atoms in total. The molecule has 0 saturated carbocycles. The van der Waals surface area contributed by atoms with Crippen LogP contribution in [0.1, 0.15) is 25.1 Å². The number of nitrogens with one attached hydrogen (secondary N) is 1. The van der Waals surface area contributed by atoms with Gasteiger partial charge in [0.05, 0.1) is 30.4 Å². The Morgan fingerprint density at radius 1 is 1.09 bits per heavy atom. The quantitative estimate of drug-likeness (QED) is 0.470. The van der Waals surface area contributed by atoms with Crippen molar-refractivity contribution in [1.82, 2.24) is 19.4 Å². The second kappa shape index (κ2) is 10.2. The number of carbonyl (C=O) groups excluding carboxylic acids is 1. The van der Waals surface area contributed by atoms with Gasteiger partial charge in [-0.05, 0) is 38.1 Å². The number of aryl methyl sites for hydroxylation is 1. The molecule has 1 fully saturated rings. The van der Waals surface area contributed by atoms with Crippen LogP contribution in [0.25, 0.3) is 16.6 Å². The summed E-state index contributed by atoms with van der Waals surface area (Å²) in [6.07, 6.45) is 6.04. The number of anilines is 1. The fourth-order valence-electron chi connectivity index (χ4n) is 4.50. The Morgan fingerprint density at radius 3 is 2.82 bits per heavy atom. The zero-order chi connectivity index (χ0) is 23.3. The second-order valence-electron chi connectivity index (χ2n) is 8.48. The van der Waals surface area contributed by atoms with Crippen LogP contribution in [0.2, 0.25) is 0 Å². The second-order valence-corrected chi connectivity index (χ2v) is 8.48. The maximum absolute atomic E-state index is 13.2. The van der Waals surface area contributed by atoms with Crippen molar-refractivity contribution in [2.24, 2.45) is 0 Å². The highest BCUT2D eigenvalue weighted by Crippen LogP contribution is 2.31. The monoisotopic (exact) mass is 463 g/mol. The third-order valence-corrected chi connectivity index (χ3v) is 6.23. The van der Waals surface area contributed by atoms with E-state index in [2.05, 4.69) is 20.2 Å². The number of aromatic nitrogens is 3. The number of nitrogens with zero attached hydrogens (tertiary/aromatic N) is 4. The third kappa shape index (κ3) is 4.76. The van der Waals surface area contributed by atoms with Crippen molar-refractivity contribution in [3.8, 4) is 5.75 Å². The predicted molar refractivity (Wildman–Crippen MR) is 129 cm³/mol. The number of para-hydroxylation sites is 2. The highest BCUT2D eigenvalue weighted by atomic mass is 16.5. The first-order valence-corrected chi connectivity index (χ1v) is 11.8. The van der Waals surface area contributed by atoms with Crippen molar-refractivity contribution in [3.63, 3.8) is 0 Å². The number of benzene rings is 1. The summed E-state index contributed by atoms with van der Waals surface area (Å²) >= 11 is 0. The maximum atomic E-state index is 13.2. The summed E-state index contributed by atoms with van der Waals surface area (Å²) in [6.45, 7) is 5.32. The molecule has 1 amide bonds. The first-order valence-electron chi connectivity index (χ1n) is 11.8. The van der Waals surface area contributed by atoms with Crippen molar-refractivity contribution in [1.29, 1.82) is 0 Å². The zero-order valence-electron chi connectivity index (χ0n) is 19.1. The van der Waals surface area contributed by atoms with Gasteiger partial charge in [-0.25, -0.2) is 4.98 Å². The summed E-state index contributed by atoms with van der Waals surface area (Å²) in [7, 11) is 0. The molecule has 0 radical (unpaired) electrons. The van der Waals surface area contributed by atoms with Gasteiger partial charge in [-0.15, -0.1) is 0 Å². The lowest BCUT2D eigenvalue weighted by atomic mass is 10.1. The molecule has 0 unspecified atom stereocenters. The third-order valence-electron chi connectivity index (χ3n) is 6.23. The molecule has 0 atom stereocenters. The normalized spacial score (nSPS) is 16.1. The van der Waals surface area contributed by atoms with Crippen molar-refractivity contribution < 1.29 is 19.4 Å². The molecule has 1 saturated heterocycles. The van der Waals surface area contributed by atoms with Gasteiger partial charge in [0, 0.05) is 31.8 Å². The van der Waals surface area contributed by atoms with E-state index in [1.807, 2.05) is 28.8 Å². The minimum atomic E-state index is -0.450. The van der Waals surface area contributed by atoms with Gasteiger partial charge >= 0.3 is 0 Å². The molecule has 0 spiro atoms. The molecule has 2 N–H and O–H groups in total. The number of ether oxygens (including phenoxy) is 2. The molecule has 2 aromatic heterocycles. The van der Waals surface area contributed by atoms with Crippen molar-refractivity contribution >= 4 is 28.2 Å². The number of aliphatic hydroxyl groups is 1. The number of amides is 1. The van der Waals surface area contributed by atoms with Gasteiger partial charge in [0.1, 0.15) is 35.2 Å². The van der Waals surface area contributed by atoms with E-state index in [-0.39, 0.29) is 11.3 Å². The summed E-state index contributed by atoms with van der Waals surface area (Å²) in [4.78, 5) is 24.3. The van der Waals surface area contributed by atoms with Gasteiger partial charge in [-0.3, -0.25) is 9.78 Å². The number of hydrogen-bond acceptors (Lipinski definition) is 7. The Balaban J connectivity index is 1.22. The van der Waals surface area contributed by atoms with Crippen LogP contribution in [0, 0.1) is 0 Å². The highest BCUT2D eigenvalue weighted by Gasteiger charge is 2.28. The smallest absolute Gasteiger partial charge is 0.263 e. The molecule has 0 aliphatic carbocycles. The number of allylic oxidation sites excluding steroid dienone is 1. The fourth-order valence-corrected chi connectivity index (χ4v) is 4.50. The van der Waals surface area contributed by atoms with Crippen LogP contribution in [0.4, 0.5) is 5.69 Å². The lowest BCUT2D eigenvalue weighted by Gasteiger charge is -2.19. The molecule has 1 aromatic carbocycles. The van der Waals surface area contributed by atoms with Crippen LogP contribution in [0.5, 0.6) is 5.75 Å². The van der Waals surface area contributed by atoms with Crippen LogP contribution in [-0.4, -0.2) is 69.9 Å². The van der Waals surface area contributed by atoms with Crippen molar-refractivity contribution in [2.75, 3.05) is 44.8 Å². The van der Waals surface area contributed by atoms with E-state index >= 15 is 0 Å². The summed E-state index contributed by atoms with van der Waals surface area (Å²) in [6, 6.07) is 9.40. The minimum absolute atomic E-state index is 0.0260. The van der Waals surface area contributed by atoms with Crippen LogP contribution in [0.3, 0.4) is 0 Å². The number of hydrogen-bond donors (Lipinski definition) is 2. The molecule has 3 aromatic rings. The molecule has 0 bridgehead atoms. The van der Waals surface area contributed by atoms with E-state index in [1.165, 1.54) is 19.0 Å². The number of imidazole rings is 1. The van der Waals surface area contributed by atoms with E-state index in [4.69, 9.17) is 9.47 Å². The lowest BCUT2D eigenvalue weighted by Crippen LogP contribution is -2.24. The number of fused-ring (bicyclic) bond motifs is 3. The molecule has 9 heteroatoms. The standard InChI is InChI=1S/C25H29N5O4/c31-21-8-12-30-20-6-2-1-5-18(20)27-24(30)23(21)25(32)28-19-17-26-9-7-22(19)34-16-15-33-14-13-29-10-3-4-11-29/h1-2,5-7,9,17,31H,3-4,8,10-16H2,(H,28,32). The molecule has 4 heterocycles. The topological polar surface area (TPSA) is 102 Å². The molecule has 178 valence electrons. The largest absolute Gasteiger partial charge is 0.511 e. The average Bonchev–Trinajstić information content (AvgIpc) is 3.49. The van der Waals surface area contributed by atoms with Crippen LogP contribution in [0.15, 0.2) is 48.5 Å². The van der Waals surface area contributed by atoms with E-state index in [0.29, 0.717) is 50.0 Å². The Hall–Kier alpha value is -3.43. The van der Waals surface area contributed by atoms with Gasteiger partial charge in [-0.1, -0.05) is 12.1 Å². The van der Waals surface area contributed by atoms with Gasteiger partial charge in [0.25, 0.3) is 5.91 Å². The summed E-state index contributed by atoms with van der Waals surface area (Å²) in [5, 5.41) is 13.4. The predicted octanol–water partition coefficient (Wildman–Crippen LogP) is 3.23. The molecule has 2 aliphatic rings. The highest BCUT2D eigenvalue weighted by molar-refractivity contribution is 6.25. The number of pyridine rings is 1.